The molecular weight excluding hydrogens is 162 g/mol. The molecule has 1 rings (SSSR count). The topological polar surface area (TPSA) is 42.1 Å². The minimum absolute atomic E-state index is 0.458. The fourth-order valence-electron chi connectivity index (χ4n) is 1.38. The van der Waals surface area contributed by atoms with Gasteiger partial charge in [0.05, 0.1) is 0 Å². The molecule has 1 aromatic rings. The molecule has 0 spiro atoms. The second-order valence-corrected chi connectivity index (χ2v) is 3.33. The lowest BCUT2D eigenvalue weighted by Gasteiger charge is -2.26. The average molecular weight is 179 g/mol. The van der Waals surface area contributed by atoms with Crippen molar-refractivity contribution < 1.29 is 0 Å². The molecule has 0 atom stereocenters. The molecular formula is C10H17N3. The van der Waals surface area contributed by atoms with Gasteiger partial charge < -0.3 is 10.6 Å². The van der Waals surface area contributed by atoms with E-state index in [1.807, 2.05) is 6.07 Å². The number of nitrogens with two attached hydrogens (primary N) is 1. The Kier molecular flexibility index (Phi) is 3.12. The average Bonchev–Trinajstić information content (AvgIpc) is 2.04. The molecule has 2 N–H and O–H groups in total. The van der Waals surface area contributed by atoms with Crippen molar-refractivity contribution in [2.45, 2.75) is 26.8 Å². The number of anilines is 2. The van der Waals surface area contributed by atoms with Gasteiger partial charge in [-0.25, -0.2) is 4.98 Å². The zero-order valence-corrected chi connectivity index (χ0v) is 8.49. The van der Waals surface area contributed by atoms with Crippen LogP contribution >= 0.6 is 0 Å². The highest BCUT2D eigenvalue weighted by Gasteiger charge is 2.08. The minimum atomic E-state index is 0.458. The van der Waals surface area contributed by atoms with Gasteiger partial charge in [-0.2, -0.15) is 0 Å². The zero-order valence-electron chi connectivity index (χ0n) is 8.49. The molecule has 3 nitrogen and oxygen atoms in total. The summed E-state index contributed by atoms with van der Waals surface area (Å²) in [5.41, 5.74) is 6.45. The van der Waals surface area contributed by atoms with E-state index in [0.29, 0.717) is 6.04 Å². The maximum absolute atomic E-state index is 5.68. The summed E-state index contributed by atoms with van der Waals surface area (Å²) in [6, 6.07) is 4.17. The molecule has 0 amide bonds. The van der Waals surface area contributed by atoms with Gasteiger partial charge in [0, 0.05) is 30.5 Å². The Morgan fingerprint density at radius 1 is 1.54 bits per heavy atom. The van der Waals surface area contributed by atoms with Crippen molar-refractivity contribution in [2.24, 2.45) is 0 Å². The zero-order chi connectivity index (χ0) is 9.84. The highest BCUT2D eigenvalue weighted by Crippen LogP contribution is 2.15. The van der Waals surface area contributed by atoms with Crippen molar-refractivity contribution >= 4 is 11.5 Å². The number of hydrogen-bond donors (Lipinski definition) is 1. The van der Waals surface area contributed by atoms with Crippen molar-refractivity contribution in [2.75, 3.05) is 17.2 Å². The van der Waals surface area contributed by atoms with Gasteiger partial charge in [0.1, 0.15) is 5.82 Å². The third-order valence-electron chi connectivity index (χ3n) is 2.03. The van der Waals surface area contributed by atoms with Crippen LogP contribution in [0.4, 0.5) is 11.5 Å². The molecule has 0 bridgehead atoms. The van der Waals surface area contributed by atoms with E-state index in [1.54, 1.807) is 12.3 Å². The molecule has 0 aliphatic rings. The maximum Gasteiger partial charge on any atom is 0.130 e. The second-order valence-electron chi connectivity index (χ2n) is 3.33. The Morgan fingerprint density at radius 2 is 2.23 bits per heavy atom. The molecule has 0 saturated heterocycles. The van der Waals surface area contributed by atoms with E-state index >= 15 is 0 Å². The highest BCUT2D eigenvalue weighted by atomic mass is 15.2. The van der Waals surface area contributed by atoms with Crippen LogP contribution in [-0.2, 0) is 0 Å². The van der Waals surface area contributed by atoms with Gasteiger partial charge in [-0.05, 0) is 26.8 Å². The van der Waals surface area contributed by atoms with Crippen LogP contribution in [0.25, 0.3) is 0 Å². The largest absolute Gasteiger partial charge is 0.399 e. The van der Waals surface area contributed by atoms with E-state index in [0.717, 1.165) is 18.1 Å². The smallest absolute Gasteiger partial charge is 0.130 e. The van der Waals surface area contributed by atoms with Crippen LogP contribution < -0.4 is 10.6 Å². The lowest BCUT2D eigenvalue weighted by atomic mass is 10.3. The Morgan fingerprint density at radius 3 is 2.69 bits per heavy atom. The van der Waals surface area contributed by atoms with Crippen molar-refractivity contribution in [1.82, 2.24) is 4.98 Å². The summed E-state index contributed by atoms with van der Waals surface area (Å²) < 4.78 is 0. The quantitative estimate of drug-likeness (QED) is 0.770. The van der Waals surface area contributed by atoms with Gasteiger partial charge in [-0.1, -0.05) is 0 Å². The first-order valence-corrected chi connectivity index (χ1v) is 4.63. The summed E-state index contributed by atoms with van der Waals surface area (Å²) >= 11 is 0. The van der Waals surface area contributed by atoms with Crippen LogP contribution in [0.3, 0.4) is 0 Å². The molecule has 0 aromatic carbocycles. The summed E-state index contributed by atoms with van der Waals surface area (Å²) in [4.78, 5) is 6.48. The summed E-state index contributed by atoms with van der Waals surface area (Å²) in [5.74, 6) is 0.956. The van der Waals surface area contributed by atoms with Gasteiger partial charge in [0.2, 0.25) is 0 Å². The number of nitrogen functional groups attached to an aromatic ring is 1. The van der Waals surface area contributed by atoms with Gasteiger partial charge in [0.15, 0.2) is 0 Å². The highest BCUT2D eigenvalue weighted by molar-refractivity contribution is 5.50. The molecule has 1 aromatic heterocycles. The normalized spacial score (nSPS) is 10.5. The first-order valence-electron chi connectivity index (χ1n) is 4.63. The summed E-state index contributed by atoms with van der Waals surface area (Å²) in [6.45, 7) is 7.36. The Bertz CT molecular complexity index is 271. The standard InChI is InChI=1S/C10H17N3/c1-4-13(8(2)3)10-7-9(11)5-6-12-10/h5-8H,4H2,1-3H3,(H2,11,12). The first-order chi connectivity index (χ1) is 6.15. The van der Waals surface area contributed by atoms with E-state index in [1.165, 1.54) is 0 Å². The molecule has 3 heteroatoms. The predicted molar refractivity (Wildman–Crippen MR) is 56.8 cm³/mol. The van der Waals surface area contributed by atoms with E-state index in [-0.39, 0.29) is 0 Å². The maximum atomic E-state index is 5.68. The molecule has 0 unspecified atom stereocenters. The van der Waals surface area contributed by atoms with Crippen molar-refractivity contribution in [3.63, 3.8) is 0 Å². The molecule has 0 aliphatic heterocycles. The third kappa shape index (κ3) is 2.34. The first kappa shape index (κ1) is 9.84. The molecule has 72 valence electrons. The van der Waals surface area contributed by atoms with Gasteiger partial charge in [0.25, 0.3) is 0 Å². The lowest BCUT2D eigenvalue weighted by molar-refractivity contribution is 0.694. The number of hydrogen-bond acceptors (Lipinski definition) is 3. The van der Waals surface area contributed by atoms with Crippen LogP contribution in [0.2, 0.25) is 0 Å². The van der Waals surface area contributed by atoms with E-state index in [2.05, 4.69) is 30.7 Å². The van der Waals surface area contributed by atoms with E-state index in [4.69, 9.17) is 5.73 Å². The van der Waals surface area contributed by atoms with Gasteiger partial charge >= 0.3 is 0 Å². The van der Waals surface area contributed by atoms with Gasteiger partial charge in [-0.3, -0.25) is 0 Å². The SMILES string of the molecule is CCN(c1cc(N)ccn1)C(C)C. The van der Waals surface area contributed by atoms with Crippen molar-refractivity contribution in [3.05, 3.63) is 18.3 Å². The molecule has 1 heterocycles. The summed E-state index contributed by atoms with van der Waals surface area (Å²) in [7, 11) is 0. The fraction of sp³-hybridized carbons (Fsp3) is 0.500. The molecule has 13 heavy (non-hydrogen) atoms. The summed E-state index contributed by atoms with van der Waals surface area (Å²) in [5, 5.41) is 0. The van der Waals surface area contributed by atoms with E-state index < -0.39 is 0 Å². The summed E-state index contributed by atoms with van der Waals surface area (Å²) in [6.07, 6.45) is 1.75. The van der Waals surface area contributed by atoms with Crippen LogP contribution in [0.15, 0.2) is 18.3 Å². The number of aromatic nitrogens is 1. The molecule has 0 fully saturated rings. The molecule has 0 aliphatic carbocycles. The lowest BCUT2D eigenvalue weighted by Crippen LogP contribution is -2.31. The number of rotatable bonds is 3. The van der Waals surface area contributed by atoms with Crippen LogP contribution in [0.1, 0.15) is 20.8 Å². The van der Waals surface area contributed by atoms with Crippen molar-refractivity contribution in [1.29, 1.82) is 0 Å². The van der Waals surface area contributed by atoms with Crippen LogP contribution in [-0.4, -0.2) is 17.6 Å². The van der Waals surface area contributed by atoms with Crippen LogP contribution in [0, 0.1) is 0 Å². The Labute approximate surface area is 79.6 Å². The monoisotopic (exact) mass is 179 g/mol. The van der Waals surface area contributed by atoms with E-state index in [9.17, 15) is 0 Å². The Hall–Kier alpha value is -1.25. The minimum Gasteiger partial charge on any atom is -0.399 e. The predicted octanol–water partition coefficient (Wildman–Crippen LogP) is 1.90. The Balaban J connectivity index is 2.91. The third-order valence-corrected chi connectivity index (χ3v) is 2.03. The molecule has 0 radical (unpaired) electrons. The second kappa shape index (κ2) is 4.12. The number of nitrogens with zero attached hydrogens (tertiary/aromatic N) is 2. The van der Waals surface area contributed by atoms with Crippen molar-refractivity contribution in [3.8, 4) is 0 Å². The number of pyridine rings is 1. The fourth-order valence-corrected chi connectivity index (χ4v) is 1.38. The molecule has 0 saturated carbocycles. The van der Waals surface area contributed by atoms with Gasteiger partial charge in [-0.15, -0.1) is 0 Å². The van der Waals surface area contributed by atoms with Crippen LogP contribution in [0.5, 0.6) is 0 Å².